The number of amides is 2. The number of rotatable bonds is 2. The van der Waals surface area contributed by atoms with Gasteiger partial charge in [-0.2, -0.15) is 0 Å². The molecule has 4 rings (SSSR count). The molecule has 1 aromatic heterocycles. The van der Waals surface area contributed by atoms with E-state index in [0.717, 1.165) is 11.1 Å². The lowest BCUT2D eigenvalue weighted by Gasteiger charge is -2.32. The summed E-state index contributed by atoms with van der Waals surface area (Å²) in [5, 5.41) is 3.40. The van der Waals surface area contributed by atoms with Crippen molar-refractivity contribution in [1.29, 1.82) is 0 Å². The van der Waals surface area contributed by atoms with Gasteiger partial charge in [-0.1, -0.05) is 12.1 Å². The highest BCUT2D eigenvalue weighted by Crippen LogP contribution is 2.23. The van der Waals surface area contributed by atoms with Crippen LogP contribution in [0.2, 0.25) is 0 Å². The Morgan fingerprint density at radius 2 is 1.86 bits per heavy atom. The Balaban J connectivity index is 1.45. The lowest BCUT2D eigenvalue weighted by Crippen LogP contribution is -2.42. The quantitative estimate of drug-likeness (QED) is 0.737. The van der Waals surface area contributed by atoms with Gasteiger partial charge in [0, 0.05) is 24.8 Å². The predicted octanol–water partition coefficient (Wildman–Crippen LogP) is 3.71. The van der Waals surface area contributed by atoms with Crippen LogP contribution in [0.1, 0.15) is 24.4 Å². The van der Waals surface area contributed by atoms with Crippen molar-refractivity contribution >= 4 is 22.6 Å². The first-order chi connectivity index (χ1) is 13.5. The molecule has 0 spiro atoms. The zero-order valence-corrected chi connectivity index (χ0v) is 15.6. The van der Waals surface area contributed by atoms with Gasteiger partial charge in [0.25, 0.3) is 5.56 Å². The van der Waals surface area contributed by atoms with E-state index in [1.165, 1.54) is 24.3 Å². The zero-order valence-electron chi connectivity index (χ0n) is 15.6. The number of nitrogens with zero attached hydrogens (tertiary/aromatic N) is 3. The first kappa shape index (κ1) is 18.2. The second kappa shape index (κ2) is 7.42. The van der Waals surface area contributed by atoms with Crippen LogP contribution in [0.3, 0.4) is 0 Å². The number of para-hydroxylation sites is 1. The number of hydrogen-bond acceptors (Lipinski definition) is 3. The van der Waals surface area contributed by atoms with Crippen LogP contribution in [0, 0.1) is 12.7 Å². The van der Waals surface area contributed by atoms with Crippen molar-refractivity contribution in [2.24, 2.45) is 0 Å². The molecule has 2 heterocycles. The van der Waals surface area contributed by atoms with E-state index in [9.17, 15) is 14.0 Å². The maximum atomic E-state index is 13.0. The van der Waals surface area contributed by atoms with Crippen molar-refractivity contribution in [3.05, 3.63) is 70.5 Å². The summed E-state index contributed by atoms with van der Waals surface area (Å²) in [5.41, 5.74) is 2.23. The maximum Gasteiger partial charge on any atom is 0.321 e. The molecule has 1 aliphatic heterocycles. The number of carbonyl (C=O) groups is 1. The van der Waals surface area contributed by atoms with Gasteiger partial charge >= 0.3 is 6.03 Å². The molecule has 2 aromatic carbocycles. The number of hydrogen-bond donors (Lipinski definition) is 1. The van der Waals surface area contributed by atoms with Crippen molar-refractivity contribution in [2.45, 2.75) is 25.8 Å². The largest absolute Gasteiger partial charge is 0.324 e. The molecule has 1 saturated heterocycles. The molecule has 1 N–H and O–H groups in total. The first-order valence-electron chi connectivity index (χ1n) is 9.31. The minimum Gasteiger partial charge on any atom is -0.324 e. The standard InChI is InChI=1S/C21H21FN4O2/c1-14-3-2-4-18-19(14)23-13-26(20(18)27)17-9-11-25(12-10-17)21(28)24-16-7-5-15(22)6-8-16/h2-8,13,17H,9-12H2,1H3,(H,24,28). The maximum absolute atomic E-state index is 13.0. The number of anilines is 1. The minimum atomic E-state index is -0.344. The molecular formula is C21H21FN4O2. The number of aryl methyl sites for hydroxylation is 1. The second-order valence-corrected chi connectivity index (χ2v) is 7.08. The van der Waals surface area contributed by atoms with Gasteiger partial charge in [-0.05, 0) is 55.7 Å². The van der Waals surface area contributed by atoms with Gasteiger partial charge in [-0.3, -0.25) is 9.36 Å². The highest BCUT2D eigenvalue weighted by Gasteiger charge is 2.25. The smallest absolute Gasteiger partial charge is 0.321 e. The third-order valence-electron chi connectivity index (χ3n) is 5.25. The summed E-state index contributed by atoms with van der Waals surface area (Å²) in [5.74, 6) is -0.344. The number of urea groups is 1. The number of benzene rings is 2. The molecule has 0 aliphatic carbocycles. The van der Waals surface area contributed by atoms with Crippen LogP contribution in [0.5, 0.6) is 0 Å². The van der Waals surface area contributed by atoms with Crippen LogP contribution in [-0.4, -0.2) is 33.6 Å². The van der Waals surface area contributed by atoms with Gasteiger partial charge in [-0.25, -0.2) is 14.2 Å². The summed E-state index contributed by atoms with van der Waals surface area (Å²) in [6.45, 7) is 3.02. The number of carbonyl (C=O) groups excluding carboxylic acids is 1. The SMILES string of the molecule is Cc1cccc2c(=O)n(C3CCN(C(=O)Nc4ccc(F)cc4)CC3)cnc12. The summed E-state index contributed by atoms with van der Waals surface area (Å²) < 4.78 is 14.7. The molecule has 1 aliphatic rings. The Bertz CT molecular complexity index is 1070. The molecule has 0 atom stereocenters. The van der Waals surface area contributed by atoms with Crippen molar-refractivity contribution in [3.8, 4) is 0 Å². The number of aromatic nitrogens is 2. The normalized spacial score (nSPS) is 15.0. The summed E-state index contributed by atoms with van der Waals surface area (Å²) in [7, 11) is 0. The molecule has 0 unspecified atom stereocenters. The van der Waals surface area contributed by atoms with Gasteiger partial charge in [-0.15, -0.1) is 0 Å². The summed E-state index contributed by atoms with van der Waals surface area (Å²) in [6.07, 6.45) is 2.97. The van der Waals surface area contributed by atoms with E-state index < -0.39 is 0 Å². The molecule has 1 fully saturated rings. The van der Waals surface area contributed by atoms with Crippen LogP contribution in [0.25, 0.3) is 10.9 Å². The molecule has 3 aromatic rings. The van der Waals surface area contributed by atoms with E-state index >= 15 is 0 Å². The molecule has 0 saturated carbocycles. The van der Waals surface area contributed by atoms with Crippen LogP contribution in [0.15, 0.2) is 53.6 Å². The van der Waals surface area contributed by atoms with Crippen molar-refractivity contribution < 1.29 is 9.18 Å². The Labute approximate surface area is 161 Å². The number of likely N-dealkylation sites (tertiary alicyclic amines) is 1. The van der Waals surface area contributed by atoms with E-state index in [2.05, 4.69) is 10.3 Å². The highest BCUT2D eigenvalue weighted by molar-refractivity contribution is 5.89. The number of halogens is 1. The van der Waals surface area contributed by atoms with Gasteiger partial charge < -0.3 is 10.2 Å². The summed E-state index contributed by atoms with van der Waals surface area (Å²) in [4.78, 5) is 31.5. The van der Waals surface area contributed by atoms with Crippen LogP contribution in [0.4, 0.5) is 14.9 Å². The second-order valence-electron chi connectivity index (χ2n) is 7.08. The minimum absolute atomic E-state index is 0.0137. The van der Waals surface area contributed by atoms with E-state index in [-0.39, 0.29) is 23.4 Å². The van der Waals surface area contributed by atoms with Crippen molar-refractivity contribution in [3.63, 3.8) is 0 Å². The number of nitrogens with one attached hydrogen (secondary N) is 1. The van der Waals surface area contributed by atoms with Gasteiger partial charge in [0.15, 0.2) is 0 Å². The summed E-state index contributed by atoms with van der Waals surface area (Å²) >= 11 is 0. The lowest BCUT2D eigenvalue weighted by atomic mass is 10.0. The fourth-order valence-electron chi connectivity index (χ4n) is 3.66. The molecule has 6 nitrogen and oxygen atoms in total. The molecule has 0 bridgehead atoms. The van der Waals surface area contributed by atoms with E-state index in [0.29, 0.717) is 37.0 Å². The zero-order chi connectivity index (χ0) is 19.7. The first-order valence-corrected chi connectivity index (χ1v) is 9.31. The third-order valence-corrected chi connectivity index (χ3v) is 5.25. The summed E-state index contributed by atoms with van der Waals surface area (Å²) in [6, 6.07) is 11.1. The lowest BCUT2D eigenvalue weighted by molar-refractivity contribution is 0.182. The van der Waals surface area contributed by atoms with Crippen LogP contribution < -0.4 is 10.9 Å². The fraction of sp³-hybridized carbons (Fsp3) is 0.286. The van der Waals surface area contributed by atoms with Crippen LogP contribution >= 0.6 is 0 Å². The van der Waals surface area contributed by atoms with E-state index in [4.69, 9.17) is 0 Å². The Hall–Kier alpha value is -3.22. The monoisotopic (exact) mass is 380 g/mol. The molecule has 7 heteroatoms. The van der Waals surface area contributed by atoms with Crippen molar-refractivity contribution in [1.82, 2.24) is 14.5 Å². The average Bonchev–Trinajstić information content (AvgIpc) is 2.71. The Morgan fingerprint density at radius 1 is 1.14 bits per heavy atom. The van der Waals surface area contributed by atoms with Gasteiger partial charge in [0.1, 0.15) is 5.82 Å². The third kappa shape index (κ3) is 3.47. The fourth-order valence-corrected chi connectivity index (χ4v) is 3.66. The van der Waals surface area contributed by atoms with E-state index in [1.54, 1.807) is 21.9 Å². The Morgan fingerprint density at radius 3 is 2.57 bits per heavy atom. The van der Waals surface area contributed by atoms with Crippen molar-refractivity contribution in [2.75, 3.05) is 18.4 Å². The van der Waals surface area contributed by atoms with E-state index in [1.807, 2.05) is 19.1 Å². The molecule has 0 radical (unpaired) electrons. The number of piperidine rings is 1. The predicted molar refractivity (Wildman–Crippen MR) is 106 cm³/mol. The highest BCUT2D eigenvalue weighted by atomic mass is 19.1. The average molecular weight is 380 g/mol. The van der Waals surface area contributed by atoms with Crippen LogP contribution in [-0.2, 0) is 0 Å². The van der Waals surface area contributed by atoms with Gasteiger partial charge in [0.05, 0.1) is 17.2 Å². The number of fused-ring (bicyclic) bond motifs is 1. The molecule has 144 valence electrons. The molecule has 28 heavy (non-hydrogen) atoms. The topological polar surface area (TPSA) is 67.2 Å². The molecule has 2 amide bonds. The Kier molecular flexibility index (Phi) is 4.81. The molecular weight excluding hydrogens is 359 g/mol. The van der Waals surface area contributed by atoms with Gasteiger partial charge in [0.2, 0.25) is 0 Å².